The highest BCUT2D eigenvalue weighted by atomic mass is 16.5. The van der Waals surface area contributed by atoms with Gasteiger partial charge >= 0.3 is 5.97 Å². The van der Waals surface area contributed by atoms with Gasteiger partial charge in [-0.2, -0.15) is 0 Å². The Kier molecular flexibility index (Phi) is 4.50. The molecule has 1 heterocycles. The van der Waals surface area contributed by atoms with E-state index in [1.54, 1.807) is 0 Å². The van der Waals surface area contributed by atoms with E-state index in [0.717, 1.165) is 0 Å². The van der Waals surface area contributed by atoms with E-state index in [1.165, 1.54) is 0 Å². The summed E-state index contributed by atoms with van der Waals surface area (Å²) in [5, 5.41) is 9.09. The number of morpholine rings is 1. The Morgan fingerprint density at radius 2 is 2.07 bits per heavy atom. The zero-order chi connectivity index (χ0) is 11.4. The first kappa shape index (κ1) is 12.4. The fourth-order valence-electron chi connectivity index (χ4n) is 2.09. The summed E-state index contributed by atoms with van der Waals surface area (Å²) >= 11 is 0. The molecule has 0 spiro atoms. The number of nitrogens with two attached hydrogens (primary N) is 1. The van der Waals surface area contributed by atoms with Crippen LogP contribution in [0.15, 0.2) is 0 Å². The molecular formula is C10H20N2O3. The molecule has 3 atom stereocenters. The molecule has 88 valence electrons. The largest absolute Gasteiger partial charge is 0.480 e. The third kappa shape index (κ3) is 3.44. The molecule has 0 amide bonds. The van der Waals surface area contributed by atoms with E-state index in [4.69, 9.17) is 15.6 Å². The standard InChI is InChI=1S/C10H20N2O3/c1-7-5-12(6-8(2)15-7)9(3-4-11)10(13)14/h7-9H,3-6,11H2,1-2H3,(H,13,14)/t7-,8+,9?. The Morgan fingerprint density at radius 3 is 2.47 bits per heavy atom. The molecule has 1 rings (SSSR count). The Hall–Kier alpha value is -0.650. The van der Waals surface area contributed by atoms with Crippen molar-refractivity contribution in [2.24, 2.45) is 5.73 Å². The van der Waals surface area contributed by atoms with Crippen molar-refractivity contribution in [2.45, 2.75) is 38.5 Å². The molecule has 0 aromatic carbocycles. The van der Waals surface area contributed by atoms with Crippen molar-refractivity contribution in [3.05, 3.63) is 0 Å². The number of ether oxygens (including phenoxy) is 1. The van der Waals surface area contributed by atoms with Gasteiger partial charge in [0.2, 0.25) is 0 Å². The topological polar surface area (TPSA) is 75.8 Å². The van der Waals surface area contributed by atoms with Crippen molar-refractivity contribution in [3.63, 3.8) is 0 Å². The van der Waals surface area contributed by atoms with Crippen LogP contribution in [0.1, 0.15) is 20.3 Å². The fraction of sp³-hybridized carbons (Fsp3) is 0.900. The Balaban J connectivity index is 2.61. The highest BCUT2D eigenvalue weighted by molar-refractivity contribution is 5.73. The lowest BCUT2D eigenvalue weighted by Gasteiger charge is -2.38. The second kappa shape index (κ2) is 5.44. The van der Waals surface area contributed by atoms with Gasteiger partial charge in [0.05, 0.1) is 12.2 Å². The normalized spacial score (nSPS) is 30.1. The summed E-state index contributed by atoms with van der Waals surface area (Å²) in [7, 11) is 0. The monoisotopic (exact) mass is 216 g/mol. The van der Waals surface area contributed by atoms with Crippen LogP contribution in [0.3, 0.4) is 0 Å². The lowest BCUT2D eigenvalue weighted by Crippen LogP contribution is -2.53. The Bertz CT molecular complexity index is 213. The van der Waals surface area contributed by atoms with Crippen LogP contribution in [-0.4, -0.2) is 53.9 Å². The van der Waals surface area contributed by atoms with E-state index < -0.39 is 12.0 Å². The fourth-order valence-corrected chi connectivity index (χ4v) is 2.09. The number of hydrogen-bond acceptors (Lipinski definition) is 4. The van der Waals surface area contributed by atoms with E-state index in [1.807, 2.05) is 18.7 Å². The first-order valence-electron chi connectivity index (χ1n) is 5.37. The molecule has 1 aliphatic heterocycles. The maximum Gasteiger partial charge on any atom is 0.320 e. The molecule has 1 aliphatic rings. The van der Waals surface area contributed by atoms with Crippen LogP contribution in [0, 0.1) is 0 Å². The van der Waals surface area contributed by atoms with Crippen LogP contribution < -0.4 is 5.73 Å². The predicted molar refractivity (Wildman–Crippen MR) is 56.7 cm³/mol. The van der Waals surface area contributed by atoms with Gasteiger partial charge in [0.1, 0.15) is 6.04 Å². The molecule has 0 aromatic rings. The molecule has 15 heavy (non-hydrogen) atoms. The van der Waals surface area contributed by atoms with Crippen molar-refractivity contribution in [3.8, 4) is 0 Å². The highest BCUT2D eigenvalue weighted by Gasteiger charge is 2.31. The second-order valence-electron chi connectivity index (χ2n) is 4.14. The summed E-state index contributed by atoms with van der Waals surface area (Å²) in [4.78, 5) is 13.0. The lowest BCUT2D eigenvalue weighted by atomic mass is 10.1. The molecule has 0 saturated carbocycles. The minimum Gasteiger partial charge on any atom is -0.480 e. The third-order valence-electron chi connectivity index (χ3n) is 2.61. The summed E-state index contributed by atoms with van der Waals surface area (Å²) in [6.07, 6.45) is 0.677. The molecule has 1 unspecified atom stereocenters. The van der Waals surface area contributed by atoms with Crippen LogP contribution >= 0.6 is 0 Å². The van der Waals surface area contributed by atoms with Crippen LogP contribution in [-0.2, 0) is 9.53 Å². The SMILES string of the molecule is C[C@@H]1CN(C(CCN)C(=O)O)C[C@H](C)O1. The van der Waals surface area contributed by atoms with E-state index in [0.29, 0.717) is 26.1 Å². The predicted octanol–water partition coefficient (Wildman–Crippen LogP) is -0.102. The summed E-state index contributed by atoms with van der Waals surface area (Å²) in [6, 6.07) is -0.469. The number of carboxylic acids is 1. The first-order chi connectivity index (χ1) is 7.04. The highest BCUT2D eigenvalue weighted by Crippen LogP contribution is 2.15. The van der Waals surface area contributed by atoms with Gasteiger partial charge in [0.25, 0.3) is 0 Å². The molecule has 5 nitrogen and oxygen atoms in total. The summed E-state index contributed by atoms with van der Waals surface area (Å²) < 4.78 is 5.56. The minimum atomic E-state index is -0.790. The van der Waals surface area contributed by atoms with Crippen LogP contribution in [0.4, 0.5) is 0 Å². The van der Waals surface area contributed by atoms with Crippen molar-refractivity contribution in [1.82, 2.24) is 4.90 Å². The molecule has 0 aromatic heterocycles. The van der Waals surface area contributed by atoms with E-state index >= 15 is 0 Å². The van der Waals surface area contributed by atoms with Gasteiger partial charge < -0.3 is 15.6 Å². The number of aliphatic carboxylic acids is 1. The first-order valence-corrected chi connectivity index (χ1v) is 5.37. The average Bonchev–Trinajstić information content (AvgIpc) is 2.11. The average molecular weight is 216 g/mol. The molecule has 0 radical (unpaired) electrons. The smallest absolute Gasteiger partial charge is 0.320 e. The van der Waals surface area contributed by atoms with Gasteiger partial charge in [-0.1, -0.05) is 0 Å². The number of carboxylic acid groups (broad SMARTS) is 1. The zero-order valence-electron chi connectivity index (χ0n) is 9.35. The number of rotatable bonds is 4. The molecule has 3 N–H and O–H groups in total. The van der Waals surface area contributed by atoms with Crippen LogP contribution in [0.25, 0.3) is 0 Å². The molecule has 5 heteroatoms. The molecule has 1 saturated heterocycles. The van der Waals surface area contributed by atoms with E-state index in [9.17, 15) is 4.79 Å². The van der Waals surface area contributed by atoms with Crippen LogP contribution in [0.2, 0.25) is 0 Å². The van der Waals surface area contributed by atoms with Crippen molar-refractivity contribution >= 4 is 5.97 Å². The summed E-state index contributed by atoms with van der Waals surface area (Å²) in [6.45, 7) is 5.66. The zero-order valence-corrected chi connectivity index (χ0v) is 9.35. The molecular weight excluding hydrogens is 196 g/mol. The van der Waals surface area contributed by atoms with Gasteiger partial charge in [0.15, 0.2) is 0 Å². The maximum atomic E-state index is 11.1. The minimum absolute atomic E-state index is 0.0911. The third-order valence-corrected chi connectivity index (χ3v) is 2.61. The Morgan fingerprint density at radius 1 is 1.53 bits per heavy atom. The van der Waals surface area contributed by atoms with Gasteiger partial charge in [-0.3, -0.25) is 9.69 Å². The summed E-state index contributed by atoms with van der Waals surface area (Å²) in [5.41, 5.74) is 5.42. The number of hydrogen-bond donors (Lipinski definition) is 2. The second-order valence-corrected chi connectivity index (χ2v) is 4.14. The lowest BCUT2D eigenvalue weighted by molar-refractivity contribution is -0.149. The van der Waals surface area contributed by atoms with Gasteiger partial charge in [-0.25, -0.2) is 0 Å². The van der Waals surface area contributed by atoms with Crippen molar-refractivity contribution in [1.29, 1.82) is 0 Å². The van der Waals surface area contributed by atoms with Gasteiger partial charge in [-0.15, -0.1) is 0 Å². The number of carbonyl (C=O) groups is 1. The quantitative estimate of drug-likeness (QED) is 0.686. The van der Waals surface area contributed by atoms with Crippen LogP contribution in [0.5, 0.6) is 0 Å². The Labute approximate surface area is 90.2 Å². The van der Waals surface area contributed by atoms with Gasteiger partial charge in [0, 0.05) is 13.1 Å². The van der Waals surface area contributed by atoms with E-state index in [-0.39, 0.29) is 12.2 Å². The maximum absolute atomic E-state index is 11.1. The number of nitrogens with zero attached hydrogens (tertiary/aromatic N) is 1. The molecule has 1 fully saturated rings. The summed E-state index contributed by atoms with van der Waals surface area (Å²) in [5.74, 6) is -0.790. The molecule has 0 bridgehead atoms. The van der Waals surface area contributed by atoms with Gasteiger partial charge in [-0.05, 0) is 26.8 Å². The van der Waals surface area contributed by atoms with Crippen molar-refractivity contribution in [2.75, 3.05) is 19.6 Å². The molecule has 0 aliphatic carbocycles. The van der Waals surface area contributed by atoms with E-state index in [2.05, 4.69) is 0 Å². The van der Waals surface area contributed by atoms with Crippen molar-refractivity contribution < 1.29 is 14.6 Å².